The van der Waals surface area contributed by atoms with E-state index in [0.717, 1.165) is 17.4 Å². The standard InChI is InChI=1S/C13H10FNO5S/c1-7-4-11(9(14)5-10(7)15(18)19)20-6-8-2-3-12(21-8)13(16)17/h2-5H,6H2,1H3,(H,16,17). The predicted octanol–water partition coefficient (Wildman–Crippen LogP) is 3.38. The van der Waals surface area contributed by atoms with E-state index in [9.17, 15) is 19.3 Å². The molecule has 1 aromatic carbocycles. The molecular weight excluding hydrogens is 301 g/mol. The number of halogens is 1. The fraction of sp³-hybridized carbons (Fsp3) is 0.154. The van der Waals surface area contributed by atoms with Gasteiger partial charge in [-0.2, -0.15) is 0 Å². The van der Waals surface area contributed by atoms with Crippen LogP contribution in [0.1, 0.15) is 20.1 Å². The molecule has 0 saturated carbocycles. The first kappa shape index (κ1) is 14.9. The first-order valence-corrected chi connectivity index (χ1v) is 6.59. The molecule has 0 aliphatic carbocycles. The van der Waals surface area contributed by atoms with Gasteiger partial charge in [-0.1, -0.05) is 0 Å². The Morgan fingerprint density at radius 1 is 1.48 bits per heavy atom. The number of aromatic carboxylic acids is 1. The van der Waals surface area contributed by atoms with E-state index >= 15 is 0 Å². The van der Waals surface area contributed by atoms with Gasteiger partial charge in [0.2, 0.25) is 0 Å². The number of carbonyl (C=O) groups is 1. The van der Waals surface area contributed by atoms with Crippen LogP contribution in [0.3, 0.4) is 0 Å². The molecule has 0 amide bonds. The Bertz CT molecular complexity index is 713. The summed E-state index contributed by atoms with van der Waals surface area (Å²) in [4.78, 5) is 21.5. The largest absolute Gasteiger partial charge is 0.485 e. The van der Waals surface area contributed by atoms with E-state index in [0.29, 0.717) is 4.88 Å². The molecule has 2 rings (SSSR count). The lowest BCUT2D eigenvalue weighted by atomic mass is 10.2. The molecule has 110 valence electrons. The van der Waals surface area contributed by atoms with Crippen LogP contribution >= 0.6 is 11.3 Å². The Labute approximate surface area is 122 Å². The van der Waals surface area contributed by atoms with Crippen LogP contribution in [0.25, 0.3) is 0 Å². The van der Waals surface area contributed by atoms with Crippen molar-refractivity contribution < 1.29 is 24.0 Å². The summed E-state index contributed by atoms with van der Waals surface area (Å²) < 4.78 is 19.0. The average Bonchev–Trinajstić information content (AvgIpc) is 2.88. The number of nitro benzene ring substituents is 1. The molecule has 2 aromatic rings. The van der Waals surface area contributed by atoms with E-state index < -0.39 is 16.7 Å². The van der Waals surface area contributed by atoms with Gasteiger partial charge in [0.05, 0.1) is 11.0 Å². The monoisotopic (exact) mass is 311 g/mol. The van der Waals surface area contributed by atoms with Crippen molar-refractivity contribution in [3.8, 4) is 5.75 Å². The maximum Gasteiger partial charge on any atom is 0.345 e. The Morgan fingerprint density at radius 2 is 2.19 bits per heavy atom. The summed E-state index contributed by atoms with van der Waals surface area (Å²) in [6.45, 7) is 1.48. The van der Waals surface area contributed by atoms with Crippen molar-refractivity contribution in [2.24, 2.45) is 0 Å². The molecule has 0 fully saturated rings. The molecule has 8 heteroatoms. The van der Waals surface area contributed by atoms with Crippen molar-refractivity contribution in [2.75, 3.05) is 0 Å². The maximum absolute atomic E-state index is 13.7. The molecule has 0 bridgehead atoms. The smallest absolute Gasteiger partial charge is 0.345 e. The van der Waals surface area contributed by atoms with Gasteiger partial charge in [0.1, 0.15) is 11.5 Å². The third-order valence-electron chi connectivity index (χ3n) is 2.69. The van der Waals surface area contributed by atoms with Crippen LogP contribution in [0.2, 0.25) is 0 Å². The molecule has 0 radical (unpaired) electrons. The summed E-state index contributed by atoms with van der Waals surface area (Å²) in [5, 5.41) is 19.5. The highest BCUT2D eigenvalue weighted by Gasteiger charge is 2.16. The quantitative estimate of drug-likeness (QED) is 0.675. The zero-order valence-corrected chi connectivity index (χ0v) is 11.6. The zero-order chi connectivity index (χ0) is 15.6. The number of aryl methyl sites for hydroxylation is 1. The number of hydrogen-bond acceptors (Lipinski definition) is 5. The van der Waals surface area contributed by atoms with E-state index in [4.69, 9.17) is 9.84 Å². The first-order chi connectivity index (χ1) is 9.88. The highest BCUT2D eigenvalue weighted by atomic mass is 32.1. The van der Waals surface area contributed by atoms with Gasteiger partial charge < -0.3 is 9.84 Å². The number of hydrogen-bond donors (Lipinski definition) is 1. The van der Waals surface area contributed by atoms with E-state index in [1.807, 2.05) is 0 Å². The molecule has 0 spiro atoms. The lowest BCUT2D eigenvalue weighted by molar-refractivity contribution is -0.385. The second kappa shape index (κ2) is 5.88. The average molecular weight is 311 g/mol. The number of thiophene rings is 1. The number of nitrogens with zero attached hydrogens (tertiary/aromatic N) is 1. The number of nitro groups is 1. The van der Waals surface area contributed by atoms with Crippen LogP contribution in [0, 0.1) is 22.9 Å². The van der Waals surface area contributed by atoms with Crippen molar-refractivity contribution in [3.63, 3.8) is 0 Å². The zero-order valence-electron chi connectivity index (χ0n) is 10.8. The van der Waals surface area contributed by atoms with Crippen LogP contribution in [0.15, 0.2) is 24.3 Å². The van der Waals surface area contributed by atoms with Crippen molar-refractivity contribution in [1.29, 1.82) is 0 Å². The van der Waals surface area contributed by atoms with Crippen molar-refractivity contribution in [2.45, 2.75) is 13.5 Å². The minimum Gasteiger partial charge on any atom is -0.485 e. The Hall–Kier alpha value is -2.48. The van der Waals surface area contributed by atoms with Gasteiger partial charge in [0.15, 0.2) is 11.6 Å². The van der Waals surface area contributed by atoms with Gasteiger partial charge >= 0.3 is 5.97 Å². The van der Waals surface area contributed by atoms with Gasteiger partial charge in [-0.25, -0.2) is 9.18 Å². The summed E-state index contributed by atoms with van der Waals surface area (Å²) in [6.07, 6.45) is 0. The summed E-state index contributed by atoms with van der Waals surface area (Å²) in [5.74, 6) is -1.98. The molecular formula is C13H10FNO5S. The first-order valence-electron chi connectivity index (χ1n) is 5.78. The van der Waals surface area contributed by atoms with Crippen LogP contribution in [-0.2, 0) is 6.61 Å². The topological polar surface area (TPSA) is 89.7 Å². The fourth-order valence-corrected chi connectivity index (χ4v) is 2.43. The number of rotatable bonds is 5. The number of ether oxygens (including phenoxy) is 1. The lowest BCUT2D eigenvalue weighted by Crippen LogP contribution is -1.99. The summed E-state index contributed by atoms with van der Waals surface area (Å²) >= 11 is 1.02. The number of carboxylic acids is 1. The molecule has 0 aliphatic heterocycles. The molecule has 1 aromatic heterocycles. The van der Waals surface area contributed by atoms with Crippen LogP contribution in [0.4, 0.5) is 10.1 Å². The van der Waals surface area contributed by atoms with Crippen LogP contribution < -0.4 is 4.74 Å². The molecule has 0 unspecified atom stereocenters. The molecule has 6 nitrogen and oxygen atoms in total. The van der Waals surface area contributed by atoms with E-state index in [1.54, 1.807) is 6.07 Å². The Balaban J connectivity index is 2.14. The van der Waals surface area contributed by atoms with E-state index in [1.165, 1.54) is 19.1 Å². The third kappa shape index (κ3) is 3.34. The van der Waals surface area contributed by atoms with Crippen LogP contribution in [0.5, 0.6) is 5.75 Å². The van der Waals surface area contributed by atoms with Gasteiger partial charge in [0.25, 0.3) is 5.69 Å². The van der Waals surface area contributed by atoms with E-state index in [-0.39, 0.29) is 28.5 Å². The third-order valence-corrected chi connectivity index (χ3v) is 3.74. The number of carboxylic acid groups (broad SMARTS) is 1. The van der Waals surface area contributed by atoms with E-state index in [2.05, 4.69) is 0 Å². The number of benzene rings is 1. The minimum absolute atomic E-state index is 0.00782. The normalized spacial score (nSPS) is 10.4. The molecule has 0 aliphatic rings. The second-order valence-electron chi connectivity index (χ2n) is 4.19. The Morgan fingerprint density at radius 3 is 2.76 bits per heavy atom. The molecule has 1 heterocycles. The highest BCUT2D eigenvalue weighted by Crippen LogP contribution is 2.28. The molecule has 0 saturated heterocycles. The fourth-order valence-electron chi connectivity index (χ4n) is 1.67. The van der Waals surface area contributed by atoms with Crippen molar-refractivity contribution in [3.05, 3.63) is 55.5 Å². The van der Waals surface area contributed by atoms with Gasteiger partial charge in [-0.05, 0) is 25.1 Å². The summed E-state index contributed by atoms with van der Waals surface area (Å²) in [5.41, 5.74) is -0.0297. The molecule has 0 atom stereocenters. The van der Waals surface area contributed by atoms with Gasteiger partial charge in [-0.15, -0.1) is 11.3 Å². The van der Waals surface area contributed by atoms with Crippen LogP contribution in [-0.4, -0.2) is 16.0 Å². The summed E-state index contributed by atoms with van der Waals surface area (Å²) in [7, 11) is 0. The SMILES string of the molecule is Cc1cc(OCc2ccc(C(=O)O)s2)c(F)cc1[N+](=O)[O-]. The second-order valence-corrected chi connectivity index (χ2v) is 5.35. The summed E-state index contributed by atoms with van der Waals surface area (Å²) in [6, 6.07) is 5.06. The lowest BCUT2D eigenvalue weighted by Gasteiger charge is -2.07. The van der Waals surface area contributed by atoms with Gasteiger partial charge in [-0.3, -0.25) is 10.1 Å². The highest BCUT2D eigenvalue weighted by molar-refractivity contribution is 7.13. The van der Waals surface area contributed by atoms with Crippen molar-refractivity contribution >= 4 is 23.0 Å². The maximum atomic E-state index is 13.7. The predicted molar refractivity (Wildman–Crippen MR) is 73.4 cm³/mol. The van der Waals surface area contributed by atoms with Gasteiger partial charge in [0, 0.05) is 10.4 Å². The Kier molecular flexibility index (Phi) is 4.18. The van der Waals surface area contributed by atoms with Crippen molar-refractivity contribution in [1.82, 2.24) is 0 Å². The molecule has 1 N–H and O–H groups in total. The molecule has 21 heavy (non-hydrogen) atoms. The minimum atomic E-state index is -1.04.